The van der Waals surface area contributed by atoms with Gasteiger partial charge in [-0.2, -0.15) is 0 Å². The number of hydrogen-bond acceptors (Lipinski definition) is 2. The highest BCUT2D eigenvalue weighted by atomic mass is 35.5. The maximum absolute atomic E-state index is 12.1. The molecule has 0 aliphatic rings. The van der Waals surface area contributed by atoms with Crippen LogP contribution >= 0.6 is 11.6 Å². The van der Waals surface area contributed by atoms with Crippen molar-refractivity contribution in [2.75, 3.05) is 6.54 Å². The summed E-state index contributed by atoms with van der Waals surface area (Å²) in [6.07, 6.45) is 0.534. The van der Waals surface area contributed by atoms with Gasteiger partial charge in [-0.3, -0.25) is 4.79 Å². The van der Waals surface area contributed by atoms with Crippen LogP contribution in [0.1, 0.15) is 30.4 Å². The van der Waals surface area contributed by atoms with Crippen molar-refractivity contribution in [2.24, 2.45) is 0 Å². The molecule has 0 aliphatic heterocycles. The van der Waals surface area contributed by atoms with Crippen LogP contribution < -0.4 is 5.32 Å². The third kappa shape index (κ3) is 6.05. The highest BCUT2D eigenvalue weighted by Crippen LogP contribution is 2.20. The summed E-state index contributed by atoms with van der Waals surface area (Å²) in [6.45, 7) is 2.28. The van der Waals surface area contributed by atoms with Crippen molar-refractivity contribution in [3.63, 3.8) is 0 Å². The van der Waals surface area contributed by atoms with E-state index in [1.54, 1.807) is 19.1 Å². The molecule has 0 aliphatic carbocycles. The average molecular weight is 332 g/mol. The highest BCUT2D eigenvalue weighted by molar-refractivity contribution is 6.30. The first-order valence-electron chi connectivity index (χ1n) is 7.78. The van der Waals surface area contributed by atoms with Gasteiger partial charge in [-0.05, 0) is 36.6 Å². The van der Waals surface area contributed by atoms with Crippen molar-refractivity contribution in [1.82, 2.24) is 5.32 Å². The van der Waals surface area contributed by atoms with Crippen LogP contribution in [-0.2, 0) is 11.2 Å². The van der Waals surface area contributed by atoms with Gasteiger partial charge in [0.25, 0.3) is 0 Å². The van der Waals surface area contributed by atoms with E-state index in [1.807, 2.05) is 42.5 Å². The standard InChI is InChI=1S/C19H22ClNO2/c1-14(22)11-17(16-5-3-2-4-6-16)13-21-19(23)12-15-7-9-18(20)10-8-15/h2-10,14,17,22H,11-13H2,1H3,(H,21,23). The smallest absolute Gasteiger partial charge is 0.224 e. The number of amides is 1. The molecule has 4 heteroatoms. The Hall–Kier alpha value is -1.84. The molecular weight excluding hydrogens is 310 g/mol. The number of nitrogens with one attached hydrogen (secondary N) is 1. The van der Waals surface area contributed by atoms with Crippen molar-refractivity contribution in [1.29, 1.82) is 0 Å². The average Bonchev–Trinajstić information content (AvgIpc) is 2.54. The first kappa shape index (κ1) is 17.5. The fraction of sp³-hybridized carbons (Fsp3) is 0.316. The maximum Gasteiger partial charge on any atom is 0.224 e. The van der Waals surface area contributed by atoms with Crippen molar-refractivity contribution >= 4 is 17.5 Å². The molecule has 0 radical (unpaired) electrons. The molecule has 0 spiro atoms. The Bertz CT molecular complexity index is 611. The van der Waals surface area contributed by atoms with Gasteiger partial charge >= 0.3 is 0 Å². The second-order valence-electron chi connectivity index (χ2n) is 5.80. The molecule has 2 atom stereocenters. The number of aliphatic hydroxyl groups is 1. The Labute approximate surface area is 142 Å². The summed E-state index contributed by atoms with van der Waals surface area (Å²) in [7, 11) is 0. The lowest BCUT2D eigenvalue weighted by molar-refractivity contribution is -0.120. The molecule has 2 N–H and O–H groups in total. The zero-order valence-corrected chi connectivity index (χ0v) is 14.0. The van der Waals surface area contributed by atoms with E-state index in [-0.39, 0.29) is 11.8 Å². The second kappa shape index (κ2) is 8.70. The summed E-state index contributed by atoms with van der Waals surface area (Å²) in [5, 5.41) is 13.3. The third-order valence-corrected chi connectivity index (χ3v) is 3.97. The number of aliphatic hydroxyl groups excluding tert-OH is 1. The summed E-state index contributed by atoms with van der Waals surface area (Å²) in [5.74, 6) is 0.0733. The van der Waals surface area contributed by atoms with Crippen LogP contribution in [-0.4, -0.2) is 23.7 Å². The molecule has 0 saturated carbocycles. The largest absolute Gasteiger partial charge is 0.393 e. The number of carbonyl (C=O) groups is 1. The highest BCUT2D eigenvalue weighted by Gasteiger charge is 2.15. The molecule has 0 bridgehead atoms. The molecule has 122 valence electrons. The normalized spacial score (nSPS) is 13.3. The molecule has 2 aromatic rings. The van der Waals surface area contributed by atoms with Crippen LogP contribution in [0, 0.1) is 0 Å². The van der Waals surface area contributed by atoms with Crippen LogP contribution in [0.4, 0.5) is 0 Å². The van der Waals surface area contributed by atoms with E-state index in [4.69, 9.17) is 11.6 Å². The Morgan fingerprint density at radius 3 is 2.39 bits per heavy atom. The monoisotopic (exact) mass is 331 g/mol. The fourth-order valence-corrected chi connectivity index (χ4v) is 2.69. The molecule has 0 heterocycles. The fourth-order valence-electron chi connectivity index (χ4n) is 2.56. The number of halogens is 1. The van der Waals surface area contributed by atoms with Gasteiger partial charge in [0.05, 0.1) is 12.5 Å². The number of benzene rings is 2. The van der Waals surface area contributed by atoms with Gasteiger partial charge in [0, 0.05) is 17.5 Å². The van der Waals surface area contributed by atoms with Crippen LogP contribution in [0.15, 0.2) is 54.6 Å². The zero-order valence-electron chi connectivity index (χ0n) is 13.2. The summed E-state index contributed by atoms with van der Waals surface area (Å²) in [4.78, 5) is 12.1. The molecule has 0 fully saturated rings. The van der Waals surface area contributed by atoms with Gasteiger partial charge in [0.2, 0.25) is 5.91 Å². The Kier molecular flexibility index (Phi) is 6.63. The molecule has 2 unspecified atom stereocenters. The second-order valence-corrected chi connectivity index (χ2v) is 6.24. The summed E-state index contributed by atoms with van der Waals surface area (Å²) in [5.41, 5.74) is 2.05. The molecule has 2 aromatic carbocycles. The minimum Gasteiger partial charge on any atom is -0.393 e. The molecule has 1 amide bonds. The number of hydrogen-bond donors (Lipinski definition) is 2. The van der Waals surface area contributed by atoms with E-state index in [9.17, 15) is 9.90 Å². The van der Waals surface area contributed by atoms with E-state index in [0.717, 1.165) is 11.1 Å². The summed E-state index contributed by atoms with van der Waals surface area (Å²) < 4.78 is 0. The molecule has 0 saturated heterocycles. The lowest BCUT2D eigenvalue weighted by Gasteiger charge is -2.19. The first-order valence-corrected chi connectivity index (χ1v) is 8.16. The van der Waals surface area contributed by atoms with Crippen LogP contribution in [0.25, 0.3) is 0 Å². The van der Waals surface area contributed by atoms with Crippen LogP contribution in [0.2, 0.25) is 5.02 Å². The van der Waals surface area contributed by atoms with Crippen molar-refractivity contribution in [3.8, 4) is 0 Å². The Balaban J connectivity index is 1.92. The van der Waals surface area contributed by atoms with Crippen molar-refractivity contribution < 1.29 is 9.90 Å². The third-order valence-electron chi connectivity index (χ3n) is 3.72. The SMILES string of the molecule is CC(O)CC(CNC(=O)Cc1ccc(Cl)cc1)c1ccccc1. The van der Waals surface area contributed by atoms with E-state index in [1.165, 1.54) is 0 Å². The number of carbonyl (C=O) groups excluding carboxylic acids is 1. The van der Waals surface area contributed by atoms with Crippen LogP contribution in [0.3, 0.4) is 0 Å². The zero-order chi connectivity index (χ0) is 16.7. The predicted octanol–water partition coefficient (Wildman–Crippen LogP) is 3.55. The van der Waals surface area contributed by atoms with Gasteiger partial charge < -0.3 is 10.4 Å². The van der Waals surface area contributed by atoms with Gasteiger partial charge in [-0.25, -0.2) is 0 Å². The topological polar surface area (TPSA) is 49.3 Å². The van der Waals surface area contributed by atoms with Gasteiger partial charge in [0.1, 0.15) is 0 Å². The number of rotatable bonds is 7. The van der Waals surface area contributed by atoms with E-state index >= 15 is 0 Å². The molecular formula is C19H22ClNO2. The Morgan fingerprint density at radius 1 is 1.13 bits per heavy atom. The maximum atomic E-state index is 12.1. The molecule has 0 aromatic heterocycles. The molecule has 2 rings (SSSR count). The summed E-state index contributed by atoms with van der Waals surface area (Å²) >= 11 is 5.84. The van der Waals surface area contributed by atoms with Crippen molar-refractivity contribution in [2.45, 2.75) is 31.8 Å². The first-order chi connectivity index (χ1) is 11.0. The summed E-state index contributed by atoms with van der Waals surface area (Å²) in [6, 6.07) is 17.2. The molecule has 23 heavy (non-hydrogen) atoms. The minimum absolute atomic E-state index is 0.0288. The van der Waals surface area contributed by atoms with Gasteiger partial charge in [-0.15, -0.1) is 0 Å². The lowest BCUT2D eigenvalue weighted by Crippen LogP contribution is -2.30. The van der Waals surface area contributed by atoms with Crippen LogP contribution in [0.5, 0.6) is 0 Å². The van der Waals surface area contributed by atoms with Gasteiger partial charge in [-0.1, -0.05) is 54.1 Å². The van der Waals surface area contributed by atoms with Crippen molar-refractivity contribution in [3.05, 3.63) is 70.7 Å². The Morgan fingerprint density at radius 2 is 1.78 bits per heavy atom. The van der Waals surface area contributed by atoms with E-state index in [2.05, 4.69) is 5.32 Å². The van der Waals surface area contributed by atoms with E-state index in [0.29, 0.717) is 24.4 Å². The quantitative estimate of drug-likeness (QED) is 0.815. The molecule has 3 nitrogen and oxygen atoms in total. The minimum atomic E-state index is -0.409. The lowest BCUT2D eigenvalue weighted by atomic mass is 9.93. The predicted molar refractivity (Wildman–Crippen MR) is 93.6 cm³/mol. The van der Waals surface area contributed by atoms with E-state index < -0.39 is 6.10 Å². The van der Waals surface area contributed by atoms with Gasteiger partial charge in [0.15, 0.2) is 0 Å².